The molecule has 0 unspecified atom stereocenters. The van der Waals surface area contributed by atoms with Crippen molar-refractivity contribution in [2.45, 2.75) is 26.2 Å². The second-order valence-corrected chi connectivity index (χ2v) is 2.59. The van der Waals surface area contributed by atoms with Gasteiger partial charge in [0.05, 0.1) is 5.68 Å². The minimum atomic E-state index is -0.211. The van der Waals surface area contributed by atoms with Crippen LogP contribution in [0.2, 0.25) is 0 Å². The number of nitrogens with two attached hydrogens (primary N) is 1. The number of carbonyl (C=O) groups is 1. The van der Waals surface area contributed by atoms with Crippen LogP contribution >= 0.6 is 0 Å². The highest BCUT2D eigenvalue weighted by atomic mass is 16.1. The van der Waals surface area contributed by atoms with E-state index < -0.39 is 0 Å². The van der Waals surface area contributed by atoms with Crippen molar-refractivity contribution in [1.29, 1.82) is 0 Å². The van der Waals surface area contributed by atoms with Crippen molar-refractivity contribution in [2.75, 3.05) is 6.54 Å². The second-order valence-electron chi connectivity index (χ2n) is 2.59. The van der Waals surface area contributed by atoms with Crippen LogP contribution in [-0.4, -0.2) is 20.1 Å². The van der Waals surface area contributed by atoms with E-state index in [1.165, 1.54) is 0 Å². The Morgan fingerprint density at radius 1 is 1.60 bits per heavy atom. The summed E-state index contributed by atoms with van der Waals surface area (Å²) in [6.07, 6.45) is 2.85. The molecule has 0 aromatic heterocycles. The summed E-state index contributed by atoms with van der Waals surface area (Å²) in [5.41, 5.74) is 5.06. The molecule has 10 heavy (non-hydrogen) atoms. The number of rotatable bonds is 5. The molecule has 0 rings (SSSR count). The van der Waals surface area contributed by atoms with Crippen molar-refractivity contribution in [3.8, 4) is 0 Å². The molecule has 0 spiro atoms. The van der Waals surface area contributed by atoms with Crippen LogP contribution in [0.25, 0.3) is 0 Å². The molecule has 0 aromatic rings. The van der Waals surface area contributed by atoms with Crippen molar-refractivity contribution in [3.05, 3.63) is 0 Å². The first kappa shape index (κ1) is 9.69. The molecule has 1 atom stereocenters. The Kier molecular flexibility index (Phi) is 5.31. The van der Waals surface area contributed by atoms with Gasteiger partial charge in [-0.3, -0.25) is 0 Å². The maximum absolute atomic E-state index is 10.5. The molecular formula is C7H14BNO. The van der Waals surface area contributed by atoms with E-state index in [-0.39, 0.29) is 11.6 Å². The van der Waals surface area contributed by atoms with E-state index in [4.69, 9.17) is 13.6 Å². The predicted molar refractivity (Wildman–Crippen MR) is 42.8 cm³/mol. The fourth-order valence-electron chi connectivity index (χ4n) is 0.737. The zero-order valence-corrected chi connectivity index (χ0v) is 6.47. The molecule has 0 saturated carbocycles. The summed E-state index contributed by atoms with van der Waals surface area (Å²) in [6.45, 7) is 2.55. The molecule has 0 fully saturated rings. The molecule has 0 saturated heterocycles. The van der Waals surface area contributed by atoms with Gasteiger partial charge in [0.2, 0.25) is 0 Å². The summed E-state index contributed by atoms with van der Waals surface area (Å²) < 4.78 is 0. The van der Waals surface area contributed by atoms with E-state index in [9.17, 15) is 4.79 Å². The minimum absolute atomic E-state index is 0.00606. The fraction of sp³-hybridized carbons (Fsp3) is 0.857. The largest absolute Gasteiger partial charge is 0.330 e. The highest BCUT2D eigenvalue weighted by Gasteiger charge is 2.04. The lowest BCUT2D eigenvalue weighted by molar-refractivity contribution is -0.114. The van der Waals surface area contributed by atoms with Gasteiger partial charge in [-0.2, -0.15) is 0 Å². The van der Waals surface area contributed by atoms with Crippen LogP contribution in [0.1, 0.15) is 26.2 Å². The summed E-state index contributed by atoms with van der Waals surface area (Å²) in [6, 6.07) is 0. The zero-order chi connectivity index (χ0) is 7.98. The summed E-state index contributed by atoms with van der Waals surface area (Å²) in [5.74, 6) is 0.00606. The lowest BCUT2D eigenvalue weighted by atomic mass is 9.87. The fourth-order valence-corrected chi connectivity index (χ4v) is 0.737. The van der Waals surface area contributed by atoms with Gasteiger partial charge in [-0.25, -0.2) is 0 Å². The van der Waals surface area contributed by atoms with Crippen LogP contribution in [0.4, 0.5) is 0 Å². The lowest BCUT2D eigenvalue weighted by Gasteiger charge is -2.05. The van der Waals surface area contributed by atoms with Gasteiger partial charge in [-0.1, -0.05) is 13.3 Å². The van der Waals surface area contributed by atoms with Gasteiger partial charge in [0.1, 0.15) is 0 Å². The molecule has 56 valence electrons. The Morgan fingerprint density at radius 2 is 2.20 bits per heavy atom. The summed E-state index contributed by atoms with van der Waals surface area (Å²) in [4.78, 5) is 10.5. The molecule has 0 aromatic carbocycles. The maximum Gasteiger partial charge on any atom is 0.168 e. The second kappa shape index (κ2) is 5.48. The molecule has 2 nitrogen and oxygen atoms in total. The summed E-state index contributed by atoms with van der Waals surface area (Å²) in [7, 11) is 5.05. The summed E-state index contributed by atoms with van der Waals surface area (Å²) >= 11 is 0. The van der Waals surface area contributed by atoms with E-state index in [1.54, 1.807) is 0 Å². The Bertz CT molecular complexity index is 106. The van der Waals surface area contributed by atoms with E-state index >= 15 is 0 Å². The van der Waals surface area contributed by atoms with Gasteiger partial charge in [0.25, 0.3) is 0 Å². The van der Waals surface area contributed by atoms with Crippen molar-refractivity contribution in [3.63, 3.8) is 0 Å². The molecule has 3 heteroatoms. The van der Waals surface area contributed by atoms with Gasteiger partial charge in [-0.05, 0) is 19.4 Å². The SMILES string of the molecule is [B]C(=O)[C@@H](C)CCCCN. The molecule has 0 aliphatic heterocycles. The van der Waals surface area contributed by atoms with Crippen LogP contribution in [0.3, 0.4) is 0 Å². The molecule has 0 aliphatic rings. The number of hydrogen-bond acceptors (Lipinski definition) is 2. The standard InChI is InChI=1S/C7H14BNO/c1-6(7(8)10)4-2-3-5-9/h6H,2-5,9H2,1H3/t6-/m0/s1. The van der Waals surface area contributed by atoms with Gasteiger partial charge in [0, 0.05) is 5.92 Å². The van der Waals surface area contributed by atoms with Crippen LogP contribution in [0.15, 0.2) is 0 Å². The third kappa shape index (κ3) is 4.56. The van der Waals surface area contributed by atoms with Crippen LogP contribution in [0.5, 0.6) is 0 Å². The highest BCUT2D eigenvalue weighted by molar-refractivity contribution is 6.58. The maximum atomic E-state index is 10.5. The third-order valence-corrected chi connectivity index (χ3v) is 1.58. The van der Waals surface area contributed by atoms with Gasteiger partial charge < -0.3 is 10.5 Å². The molecule has 0 bridgehead atoms. The predicted octanol–water partition coefficient (Wildman–Crippen LogP) is 0.447. The van der Waals surface area contributed by atoms with Crippen LogP contribution in [-0.2, 0) is 4.79 Å². The average molecular weight is 139 g/mol. The molecule has 0 amide bonds. The van der Waals surface area contributed by atoms with Gasteiger partial charge in [0.15, 0.2) is 7.85 Å². The number of hydrogen-bond donors (Lipinski definition) is 1. The minimum Gasteiger partial charge on any atom is -0.330 e. The molecule has 0 aliphatic carbocycles. The first-order chi connectivity index (χ1) is 4.68. The highest BCUT2D eigenvalue weighted by Crippen LogP contribution is 2.06. The Balaban J connectivity index is 3.21. The van der Waals surface area contributed by atoms with Crippen LogP contribution < -0.4 is 5.73 Å². The molecule has 2 N–H and O–H groups in total. The summed E-state index contributed by atoms with van der Waals surface area (Å²) in [5, 5.41) is 0. The van der Waals surface area contributed by atoms with E-state index in [0.29, 0.717) is 6.54 Å². The number of carbonyl (C=O) groups excluding carboxylic acids is 1. The van der Waals surface area contributed by atoms with E-state index in [0.717, 1.165) is 19.3 Å². The topological polar surface area (TPSA) is 43.1 Å². The van der Waals surface area contributed by atoms with Gasteiger partial charge >= 0.3 is 0 Å². The Morgan fingerprint density at radius 3 is 2.60 bits per heavy atom. The van der Waals surface area contributed by atoms with E-state index in [1.807, 2.05) is 6.92 Å². The Hall–Kier alpha value is -0.305. The normalized spacial score (nSPS) is 13.0. The number of unbranched alkanes of at least 4 members (excludes halogenated alkanes) is 1. The third-order valence-electron chi connectivity index (χ3n) is 1.58. The van der Waals surface area contributed by atoms with E-state index in [2.05, 4.69) is 0 Å². The molecular weight excluding hydrogens is 125 g/mol. The average Bonchev–Trinajstić information content (AvgIpc) is 1.88. The monoisotopic (exact) mass is 139 g/mol. The molecule has 2 radical (unpaired) electrons. The first-order valence-electron chi connectivity index (χ1n) is 3.68. The molecule has 0 heterocycles. The van der Waals surface area contributed by atoms with Crippen molar-refractivity contribution in [2.24, 2.45) is 11.7 Å². The Labute approximate surface area is 63.6 Å². The van der Waals surface area contributed by atoms with Crippen molar-refractivity contribution < 1.29 is 4.79 Å². The zero-order valence-electron chi connectivity index (χ0n) is 6.47. The smallest absolute Gasteiger partial charge is 0.168 e. The first-order valence-corrected chi connectivity index (χ1v) is 3.68. The van der Waals surface area contributed by atoms with Crippen molar-refractivity contribution >= 4 is 13.5 Å². The quantitative estimate of drug-likeness (QED) is 0.443. The van der Waals surface area contributed by atoms with Crippen molar-refractivity contribution in [1.82, 2.24) is 0 Å². The lowest BCUT2D eigenvalue weighted by Crippen LogP contribution is -2.10. The van der Waals surface area contributed by atoms with Crippen LogP contribution in [0, 0.1) is 5.92 Å². The van der Waals surface area contributed by atoms with Gasteiger partial charge in [-0.15, -0.1) is 0 Å².